The van der Waals surface area contributed by atoms with Gasteiger partial charge in [-0.1, -0.05) is 43.5 Å². The topological polar surface area (TPSA) is 58.2 Å². The minimum atomic E-state index is -0.330. The van der Waals surface area contributed by atoms with Gasteiger partial charge in [0, 0.05) is 18.0 Å². The van der Waals surface area contributed by atoms with E-state index in [2.05, 4.69) is 17.6 Å². The van der Waals surface area contributed by atoms with Gasteiger partial charge in [0.15, 0.2) is 0 Å². The predicted octanol–water partition coefficient (Wildman–Crippen LogP) is 3.60. The Morgan fingerprint density at radius 1 is 1.22 bits per heavy atom. The largest absolute Gasteiger partial charge is 0.353 e. The van der Waals surface area contributed by atoms with Crippen LogP contribution in [0.15, 0.2) is 24.3 Å². The van der Waals surface area contributed by atoms with Gasteiger partial charge in [-0.25, -0.2) is 0 Å². The van der Waals surface area contributed by atoms with Crippen molar-refractivity contribution in [1.29, 1.82) is 0 Å². The van der Waals surface area contributed by atoms with Gasteiger partial charge < -0.3 is 10.6 Å². The molecule has 0 unspecified atom stereocenters. The number of carbonyl (C=O) groups excluding carboxylic acids is 2. The van der Waals surface area contributed by atoms with Crippen molar-refractivity contribution >= 4 is 23.4 Å². The van der Waals surface area contributed by atoms with Crippen LogP contribution in [0.25, 0.3) is 0 Å². The Morgan fingerprint density at radius 3 is 2.48 bits per heavy atom. The number of benzene rings is 1. The Bertz CT molecular complexity index is 544. The highest BCUT2D eigenvalue weighted by molar-refractivity contribution is 6.30. The summed E-state index contributed by atoms with van der Waals surface area (Å²) >= 11 is 5.91. The maximum absolute atomic E-state index is 12.4. The second-order valence-corrected chi connectivity index (χ2v) is 6.88. The summed E-state index contributed by atoms with van der Waals surface area (Å²) in [6.45, 7) is 3.65. The van der Waals surface area contributed by atoms with Gasteiger partial charge in [0.1, 0.15) is 0 Å². The Hall–Kier alpha value is -1.55. The van der Waals surface area contributed by atoms with Gasteiger partial charge in [-0.2, -0.15) is 0 Å². The standard InChI is InChI=1S/C18H25ClN2O2/c1-12-5-3-4-6-16(12)21-18(23)11-17(20-13(2)22)14-7-9-15(19)10-8-14/h7-10,12,16-17H,3-6,11H2,1-2H3,(H,20,22)(H,21,23)/t12-,16+,17+/m0/s1. The van der Waals surface area contributed by atoms with Crippen molar-refractivity contribution in [2.75, 3.05) is 0 Å². The van der Waals surface area contributed by atoms with Gasteiger partial charge in [-0.15, -0.1) is 0 Å². The molecule has 2 N–H and O–H groups in total. The summed E-state index contributed by atoms with van der Waals surface area (Å²) in [7, 11) is 0. The summed E-state index contributed by atoms with van der Waals surface area (Å²) in [5.41, 5.74) is 0.886. The molecule has 0 radical (unpaired) electrons. The molecule has 1 aromatic rings. The zero-order chi connectivity index (χ0) is 16.8. The molecular formula is C18H25ClN2O2. The molecule has 0 aromatic heterocycles. The SMILES string of the molecule is CC(=O)N[C@H](CC(=O)N[C@@H]1CCCC[C@@H]1C)c1ccc(Cl)cc1. The minimum absolute atomic E-state index is 0.0163. The van der Waals surface area contributed by atoms with E-state index in [1.807, 2.05) is 12.1 Å². The summed E-state index contributed by atoms with van der Waals surface area (Å²) in [5.74, 6) is 0.351. The lowest BCUT2D eigenvalue weighted by Gasteiger charge is -2.30. The quantitative estimate of drug-likeness (QED) is 0.863. The average molecular weight is 337 g/mol. The molecule has 1 aliphatic rings. The number of hydrogen-bond donors (Lipinski definition) is 2. The molecule has 1 fully saturated rings. The molecule has 2 rings (SSSR count). The van der Waals surface area contributed by atoms with Crippen LogP contribution in [0.1, 0.15) is 57.6 Å². The van der Waals surface area contributed by atoms with Crippen LogP contribution >= 0.6 is 11.6 Å². The number of hydrogen-bond acceptors (Lipinski definition) is 2. The highest BCUT2D eigenvalue weighted by atomic mass is 35.5. The van der Waals surface area contributed by atoms with Crippen LogP contribution in [0, 0.1) is 5.92 Å². The van der Waals surface area contributed by atoms with E-state index < -0.39 is 0 Å². The monoisotopic (exact) mass is 336 g/mol. The van der Waals surface area contributed by atoms with E-state index in [-0.39, 0.29) is 30.3 Å². The molecule has 4 nitrogen and oxygen atoms in total. The molecule has 0 saturated heterocycles. The van der Waals surface area contributed by atoms with Crippen LogP contribution in [0.3, 0.4) is 0 Å². The van der Waals surface area contributed by atoms with E-state index in [0.29, 0.717) is 10.9 Å². The fourth-order valence-electron chi connectivity index (χ4n) is 3.17. The summed E-state index contributed by atoms with van der Waals surface area (Å²) in [6.07, 6.45) is 4.86. The number of nitrogens with one attached hydrogen (secondary N) is 2. The van der Waals surface area contributed by atoms with Crippen LogP contribution in [0.2, 0.25) is 5.02 Å². The molecule has 3 atom stereocenters. The predicted molar refractivity (Wildman–Crippen MR) is 92.2 cm³/mol. The third kappa shape index (κ3) is 5.54. The Kier molecular flexibility index (Phi) is 6.46. The van der Waals surface area contributed by atoms with Gasteiger partial charge in [0.2, 0.25) is 11.8 Å². The van der Waals surface area contributed by atoms with E-state index in [9.17, 15) is 9.59 Å². The van der Waals surface area contributed by atoms with Crippen LogP contribution in [-0.4, -0.2) is 17.9 Å². The van der Waals surface area contributed by atoms with Gasteiger partial charge in [-0.3, -0.25) is 9.59 Å². The van der Waals surface area contributed by atoms with Crippen LogP contribution in [0.4, 0.5) is 0 Å². The van der Waals surface area contributed by atoms with Crippen LogP contribution < -0.4 is 10.6 Å². The third-order valence-corrected chi connectivity index (χ3v) is 4.75. The lowest BCUT2D eigenvalue weighted by Crippen LogP contribution is -2.42. The normalized spacial score (nSPS) is 22.2. The number of halogens is 1. The molecule has 0 spiro atoms. The first-order valence-electron chi connectivity index (χ1n) is 8.27. The zero-order valence-electron chi connectivity index (χ0n) is 13.8. The Labute approximate surface area is 143 Å². The number of amides is 2. The molecule has 2 amide bonds. The summed E-state index contributed by atoms with van der Waals surface area (Å²) in [4.78, 5) is 23.8. The van der Waals surface area contributed by atoms with Gasteiger partial charge in [0.25, 0.3) is 0 Å². The highest BCUT2D eigenvalue weighted by Crippen LogP contribution is 2.25. The molecule has 5 heteroatoms. The Morgan fingerprint density at radius 2 is 1.87 bits per heavy atom. The van der Waals surface area contributed by atoms with E-state index in [1.165, 1.54) is 19.8 Å². The van der Waals surface area contributed by atoms with Crippen LogP contribution in [0.5, 0.6) is 0 Å². The van der Waals surface area contributed by atoms with E-state index in [0.717, 1.165) is 18.4 Å². The van der Waals surface area contributed by atoms with Crippen molar-refractivity contribution in [2.24, 2.45) is 5.92 Å². The van der Waals surface area contributed by atoms with Gasteiger partial charge >= 0.3 is 0 Å². The van der Waals surface area contributed by atoms with Crippen molar-refractivity contribution in [3.8, 4) is 0 Å². The smallest absolute Gasteiger partial charge is 0.222 e. The van der Waals surface area contributed by atoms with Gasteiger partial charge in [0.05, 0.1) is 12.5 Å². The van der Waals surface area contributed by atoms with Gasteiger partial charge in [-0.05, 0) is 36.5 Å². The number of carbonyl (C=O) groups is 2. The zero-order valence-corrected chi connectivity index (χ0v) is 14.5. The fraction of sp³-hybridized carbons (Fsp3) is 0.556. The minimum Gasteiger partial charge on any atom is -0.353 e. The first-order valence-corrected chi connectivity index (χ1v) is 8.65. The van der Waals surface area contributed by atoms with Crippen molar-refractivity contribution in [3.63, 3.8) is 0 Å². The maximum atomic E-state index is 12.4. The molecular weight excluding hydrogens is 312 g/mol. The van der Waals surface area contributed by atoms with Crippen molar-refractivity contribution in [2.45, 2.75) is 58.0 Å². The molecule has 0 bridgehead atoms. The fourth-order valence-corrected chi connectivity index (χ4v) is 3.30. The second-order valence-electron chi connectivity index (χ2n) is 6.44. The number of rotatable bonds is 5. The molecule has 1 saturated carbocycles. The lowest BCUT2D eigenvalue weighted by molar-refractivity contribution is -0.123. The highest BCUT2D eigenvalue weighted by Gasteiger charge is 2.24. The molecule has 126 valence electrons. The van der Waals surface area contributed by atoms with Crippen molar-refractivity contribution in [3.05, 3.63) is 34.9 Å². The van der Waals surface area contributed by atoms with E-state index in [1.54, 1.807) is 12.1 Å². The summed E-state index contributed by atoms with van der Waals surface area (Å²) < 4.78 is 0. The van der Waals surface area contributed by atoms with Crippen LogP contribution in [-0.2, 0) is 9.59 Å². The van der Waals surface area contributed by atoms with Crippen molar-refractivity contribution < 1.29 is 9.59 Å². The Balaban J connectivity index is 2.00. The molecule has 1 aliphatic carbocycles. The van der Waals surface area contributed by atoms with Crippen molar-refractivity contribution in [1.82, 2.24) is 10.6 Å². The molecule has 23 heavy (non-hydrogen) atoms. The average Bonchev–Trinajstić information content (AvgIpc) is 2.49. The maximum Gasteiger partial charge on any atom is 0.222 e. The molecule has 0 aliphatic heterocycles. The van der Waals surface area contributed by atoms with E-state index in [4.69, 9.17) is 11.6 Å². The third-order valence-electron chi connectivity index (χ3n) is 4.50. The second kappa shape index (κ2) is 8.34. The first-order chi connectivity index (χ1) is 11.0. The summed E-state index contributed by atoms with van der Waals surface area (Å²) in [5, 5.41) is 6.62. The summed E-state index contributed by atoms with van der Waals surface area (Å²) in [6, 6.07) is 7.15. The first kappa shape index (κ1) is 17.8. The van der Waals surface area contributed by atoms with E-state index >= 15 is 0 Å². The lowest BCUT2D eigenvalue weighted by atomic mass is 9.86. The molecule has 1 aromatic carbocycles. The molecule has 0 heterocycles.